The number of rotatable bonds is 5. The van der Waals surface area contributed by atoms with Crippen LogP contribution in [0.5, 0.6) is 0 Å². The van der Waals surface area contributed by atoms with Gasteiger partial charge in [0.15, 0.2) is 0 Å². The van der Waals surface area contributed by atoms with Crippen LogP contribution >= 0.6 is 0 Å². The van der Waals surface area contributed by atoms with Crippen molar-refractivity contribution in [3.05, 3.63) is 29.8 Å². The fourth-order valence-electron chi connectivity index (χ4n) is 1.42. The standard InChI is InChI=1S/C13H19NO2/c1-10(2)8-9-14-12-7-5-4-6-11(12)13(15)16-3/h4-7,10,14H,8-9H2,1-3H3. The molecular weight excluding hydrogens is 202 g/mol. The van der Waals surface area contributed by atoms with Gasteiger partial charge in [-0.3, -0.25) is 0 Å². The molecule has 88 valence electrons. The molecule has 0 radical (unpaired) electrons. The molecule has 3 nitrogen and oxygen atoms in total. The van der Waals surface area contributed by atoms with E-state index in [1.807, 2.05) is 18.2 Å². The van der Waals surface area contributed by atoms with Crippen molar-refractivity contribution in [3.63, 3.8) is 0 Å². The average molecular weight is 221 g/mol. The molecule has 16 heavy (non-hydrogen) atoms. The quantitative estimate of drug-likeness (QED) is 0.777. The molecule has 1 N–H and O–H groups in total. The van der Waals surface area contributed by atoms with E-state index < -0.39 is 0 Å². The molecule has 0 amide bonds. The Morgan fingerprint density at radius 3 is 2.69 bits per heavy atom. The van der Waals surface area contributed by atoms with Crippen molar-refractivity contribution in [2.75, 3.05) is 19.0 Å². The van der Waals surface area contributed by atoms with Crippen LogP contribution in [0.4, 0.5) is 5.69 Å². The molecule has 0 aliphatic rings. The summed E-state index contributed by atoms with van der Waals surface area (Å²) in [5.74, 6) is 0.352. The maximum Gasteiger partial charge on any atom is 0.339 e. The predicted molar refractivity (Wildman–Crippen MR) is 65.7 cm³/mol. The number of nitrogens with one attached hydrogen (secondary N) is 1. The van der Waals surface area contributed by atoms with Gasteiger partial charge >= 0.3 is 5.97 Å². The minimum absolute atomic E-state index is 0.298. The normalized spacial score (nSPS) is 10.2. The first kappa shape index (κ1) is 12.6. The number of para-hydroxylation sites is 1. The monoisotopic (exact) mass is 221 g/mol. The molecule has 0 atom stereocenters. The van der Waals surface area contributed by atoms with Crippen LogP contribution in [0.2, 0.25) is 0 Å². The topological polar surface area (TPSA) is 38.3 Å². The van der Waals surface area contributed by atoms with Crippen molar-refractivity contribution >= 4 is 11.7 Å². The first-order chi connectivity index (χ1) is 7.65. The van der Waals surface area contributed by atoms with Crippen LogP contribution in [0, 0.1) is 5.92 Å². The van der Waals surface area contributed by atoms with Crippen LogP contribution in [-0.2, 0) is 4.74 Å². The van der Waals surface area contributed by atoms with E-state index >= 15 is 0 Å². The van der Waals surface area contributed by atoms with Gasteiger partial charge in [-0.25, -0.2) is 4.79 Å². The third kappa shape index (κ3) is 3.57. The van der Waals surface area contributed by atoms with E-state index in [-0.39, 0.29) is 5.97 Å². The van der Waals surface area contributed by atoms with Crippen molar-refractivity contribution in [1.82, 2.24) is 0 Å². The largest absolute Gasteiger partial charge is 0.465 e. The molecule has 1 rings (SSSR count). The molecule has 1 aromatic rings. The van der Waals surface area contributed by atoms with E-state index in [1.165, 1.54) is 7.11 Å². The maximum absolute atomic E-state index is 11.5. The lowest BCUT2D eigenvalue weighted by Crippen LogP contribution is -2.10. The SMILES string of the molecule is COC(=O)c1ccccc1NCCC(C)C. The molecule has 0 aliphatic heterocycles. The zero-order valence-electron chi connectivity index (χ0n) is 10.1. The molecule has 1 aromatic carbocycles. The molecule has 0 bridgehead atoms. The van der Waals surface area contributed by atoms with Gasteiger partial charge in [-0.05, 0) is 24.5 Å². The first-order valence-corrected chi connectivity index (χ1v) is 5.56. The second-order valence-corrected chi connectivity index (χ2v) is 4.15. The van der Waals surface area contributed by atoms with E-state index in [0.29, 0.717) is 11.5 Å². The van der Waals surface area contributed by atoms with Crippen molar-refractivity contribution in [1.29, 1.82) is 0 Å². The number of methoxy groups -OCH3 is 1. The molecule has 0 fully saturated rings. The van der Waals surface area contributed by atoms with E-state index in [2.05, 4.69) is 19.2 Å². The number of hydrogen-bond donors (Lipinski definition) is 1. The van der Waals surface area contributed by atoms with Crippen molar-refractivity contribution in [3.8, 4) is 0 Å². The maximum atomic E-state index is 11.5. The second kappa shape index (κ2) is 6.16. The molecule has 0 saturated carbocycles. The zero-order chi connectivity index (χ0) is 12.0. The van der Waals surface area contributed by atoms with Crippen LogP contribution in [-0.4, -0.2) is 19.6 Å². The summed E-state index contributed by atoms with van der Waals surface area (Å²) < 4.78 is 4.73. The average Bonchev–Trinajstić information content (AvgIpc) is 2.28. The Morgan fingerprint density at radius 2 is 2.06 bits per heavy atom. The van der Waals surface area contributed by atoms with Gasteiger partial charge in [-0.2, -0.15) is 0 Å². The number of ether oxygens (including phenoxy) is 1. The minimum atomic E-state index is -0.298. The third-order valence-corrected chi connectivity index (χ3v) is 2.37. The van der Waals surface area contributed by atoms with Crippen molar-refractivity contribution in [2.45, 2.75) is 20.3 Å². The summed E-state index contributed by atoms with van der Waals surface area (Å²) in [4.78, 5) is 11.5. The predicted octanol–water partition coefficient (Wildman–Crippen LogP) is 2.93. The number of anilines is 1. The smallest absolute Gasteiger partial charge is 0.339 e. The van der Waals surface area contributed by atoms with Crippen LogP contribution in [0.25, 0.3) is 0 Å². The Labute approximate surface area is 96.8 Å². The Kier molecular flexibility index (Phi) is 4.83. The lowest BCUT2D eigenvalue weighted by molar-refractivity contribution is 0.0602. The number of hydrogen-bond acceptors (Lipinski definition) is 3. The lowest BCUT2D eigenvalue weighted by Gasteiger charge is -2.11. The highest BCUT2D eigenvalue weighted by atomic mass is 16.5. The number of esters is 1. The molecule has 0 saturated heterocycles. The van der Waals surface area contributed by atoms with Crippen molar-refractivity contribution in [2.24, 2.45) is 5.92 Å². The molecule has 0 aromatic heterocycles. The Balaban J connectivity index is 2.67. The Bertz CT molecular complexity index is 348. The van der Waals surface area contributed by atoms with Gasteiger partial charge in [-0.1, -0.05) is 26.0 Å². The summed E-state index contributed by atoms with van der Waals surface area (Å²) in [5.41, 5.74) is 1.43. The van der Waals surface area contributed by atoms with E-state index in [4.69, 9.17) is 4.74 Å². The summed E-state index contributed by atoms with van der Waals surface area (Å²) in [6, 6.07) is 7.40. The molecule has 0 spiro atoms. The zero-order valence-corrected chi connectivity index (χ0v) is 10.1. The van der Waals surface area contributed by atoms with Gasteiger partial charge in [0, 0.05) is 12.2 Å². The summed E-state index contributed by atoms with van der Waals surface area (Å²) in [7, 11) is 1.40. The van der Waals surface area contributed by atoms with Gasteiger partial charge in [-0.15, -0.1) is 0 Å². The van der Waals surface area contributed by atoms with E-state index in [1.54, 1.807) is 6.07 Å². The van der Waals surface area contributed by atoms with E-state index in [0.717, 1.165) is 18.7 Å². The van der Waals surface area contributed by atoms with Gasteiger partial charge in [0.25, 0.3) is 0 Å². The first-order valence-electron chi connectivity index (χ1n) is 5.56. The van der Waals surface area contributed by atoms with Gasteiger partial charge < -0.3 is 10.1 Å². The fourth-order valence-corrected chi connectivity index (χ4v) is 1.42. The van der Waals surface area contributed by atoms with Crippen LogP contribution in [0.1, 0.15) is 30.6 Å². The molecule has 0 unspecified atom stereocenters. The van der Waals surface area contributed by atoms with Gasteiger partial charge in [0.1, 0.15) is 0 Å². The second-order valence-electron chi connectivity index (χ2n) is 4.15. The summed E-state index contributed by atoms with van der Waals surface area (Å²) in [6.45, 7) is 5.22. The summed E-state index contributed by atoms with van der Waals surface area (Å²) >= 11 is 0. The van der Waals surface area contributed by atoms with E-state index in [9.17, 15) is 4.79 Å². The lowest BCUT2D eigenvalue weighted by atomic mass is 10.1. The highest BCUT2D eigenvalue weighted by Gasteiger charge is 2.10. The van der Waals surface area contributed by atoms with Crippen LogP contribution in [0.3, 0.4) is 0 Å². The number of carbonyl (C=O) groups is 1. The third-order valence-electron chi connectivity index (χ3n) is 2.37. The number of carbonyl (C=O) groups excluding carboxylic acids is 1. The molecule has 0 heterocycles. The Morgan fingerprint density at radius 1 is 1.38 bits per heavy atom. The van der Waals surface area contributed by atoms with Crippen molar-refractivity contribution < 1.29 is 9.53 Å². The highest BCUT2D eigenvalue weighted by Crippen LogP contribution is 2.16. The Hall–Kier alpha value is -1.51. The molecule has 0 aliphatic carbocycles. The summed E-state index contributed by atoms with van der Waals surface area (Å²) in [5, 5.41) is 3.26. The minimum Gasteiger partial charge on any atom is -0.465 e. The number of benzene rings is 1. The van der Waals surface area contributed by atoms with Crippen LogP contribution < -0.4 is 5.32 Å². The van der Waals surface area contributed by atoms with Crippen LogP contribution in [0.15, 0.2) is 24.3 Å². The fraction of sp³-hybridized carbons (Fsp3) is 0.462. The highest BCUT2D eigenvalue weighted by molar-refractivity contribution is 5.95. The summed E-state index contributed by atoms with van der Waals surface area (Å²) in [6.07, 6.45) is 1.08. The molecule has 3 heteroatoms. The van der Waals surface area contributed by atoms with Gasteiger partial charge in [0.05, 0.1) is 12.7 Å². The molecular formula is C13H19NO2. The van der Waals surface area contributed by atoms with Gasteiger partial charge in [0.2, 0.25) is 0 Å².